The molecule has 2 rings (SSSR count). The lowest BCUT2D eigenvalue weighted by molar-refractivity contribution is 0.910. The molecule has 0 saturated carbocycles. The van der Waals surface area contributed by atoms with Crippen molar-refractivity contribution in [3.8, 4) is 0 Å². The van der Waals surface area contributed by atoms with Crippen LogP contribution < -0.4 is 0 Å². The summed E-state index contributed by atoms with van der Waals surface area (Å²) in [5, 5.41) is 1.38. The molecule has 0 aliphatic heterocycles. The van der Waals surface area contributed by atoms with Gasteiger partial charge in [-0.2, -0.15) is 0 Å². The molecule has 18 heavy (non-hydrogen) atoms. The summed E-state index contributed by atoms with van der Waals surface area (Å²) in [6, 6.07) is 13.6. The monoisotopic (exact) mass is 298 g/mol. The summed E-state index contributed by atoms with van der Waals surface area (Å²) in [5.41, 5.74) is 3.41. The molecule has 0 aliphatic carbocycles. The second kappa shape index (κ2) is 5.97. The summed E-state index contributed by atoms with van der Waals surface area (Å²) in [4.78, 5) is 0. The number of rotatable bonds is 3. The van der Waals surface area contributed by atoms with E-state index >= 15 is 0 Å². The summed E-state index contributed by atoms with van der Waals surface area (Å²) in [7, 11) is 0. The number of alkyl halides is 1. The van der Waals surface area contributed by atoms with Gasteiger partial charge < -0.3 is 0 Å². The van der Waals surface area contributed by atoms with Gasteiger partial charge in [-0.25, -0.2) is 0 Å². The molecular weight excluding hydrogens is 287 g/mol. The molecule has 0 bridgehead atoms. The first kappa shape index (κ1) is 13.7. The van der Waals surface area contributed by atoms with Crippen molar-refractivity contribution in [2.24, 2.45) is 0 Å². The molecule has 0 heterocycles. The molecule has 0 aromatic heterocycles. The Bertz CT molecular complexity index is 532. The van der Waals surface area contributed by atoms with Crippen LogP contribution in [-0.4, -0.2) is 0 Å². The van der Waals surface area contributed by atoms with E-state index in [1.807, 2.05) is 49.4 Å². The van der Waals surface area contributed by atoms with Gasteiger partial charge in [-0.05, 0) is 54.3 Å². The van der Waals surface area contributed by atoms with Crippen molar-refractivity contribution in [3.63, 3.8) is 0 Å². The van der Waals surface area contributed by atoms with Crippen LogP contribution in [0.15, 0.2) is 42.5 Å². The van der Waals surface area contributed by atoms with Crippen LogP contribution in [0, 0.1) is 6.92 Å². The Morgan fingerprint density at radius 2 is 1.56 bits per heavy atom. The third-order valence-electron chi connectivity index (χ3n) is 2.91. The molecule has 94 valence electrons. The Morgan fingerprint density at radius 3 is 2.22 bits per heavy atom. The van der Waals surface area contributed by atoms with Gasteiger partial charge in [0.1, 0.15) is 0 Å². The predicted octanol–water partition coefficient (Wildman–Crippen LogP) is 5.82. The topological polar surface area (TPSA) is 0 Å². The SMILES string of the molecule is Cc1ccc(Cl)cc1C(Cl)Cc1ccc(Cl)cc1. The fourth-order valence-corrected chi connectivity index (χ4v) is 2.61. The minimum atomic E-state index is -0.0788. The van der Waals surface area contributed by atoms with Gasteiger partial charge in [0.15, 0.2) is 0 Å². The van der Waals surface area contributed by atoms with E-state index in [1.54, 1.807) is 0 Å². The molecular formula is C15H13Cl3. The molecule has 0 spiro atoms. The van der Waals surface area contributed by atoms with Crippen LogP contribution in [0.3, 0.4) is 0 Å². The highest BCUT2D eigenvalue weighted by atomic mass is 35.5. The first-order valence-corrected chi connectivity index (χ1v) is 6.90. The highest BCUT2D eigenvalue weighted by molar-refractivity contribution is 6.31. The summed E-state index contributed by atoms with van der Waals surface area (Å²) in [5.74, 6) is 0. The van der Waals surface area contributed by atoms with Crippen molar-refractivity contribution in [1.29, 1.82) is 0 Å². The lowest BCUT2D eigenvalue weighted by atomic mass is 10.00. The first-order valence-electron chi connectivity index (χ1n) is 5.71. The van der Waals surface area contributed by atoms with E-state index in [-0.39, 0.29) is 5.38 Å². The first-order chi connectivity index (χ1) is 8.56. The van der Waals surface area contributed by atoms with E-state index < -0.39 is 0 Å². The van der Waals surface area contributed by atoms with E-state index in [1.165, 1.54) is 5.56 Å². The zero-order valence-electron chi connectivity index (χ0n) is 9.96. The maximum Gasteiger partial charge on any atom is 0.0628 e. The maximum absolute atomic E-state index is 6.47. The van der Waals surface area contributed by atoms with Crippen molar-refractivity contribution >= 4 is 34.8 Å². The molecule has 0 N–H and O–H groups in total. The van der Waals surface area contributed by atoms with Crippen molar-refractivity contribution in [2.45, 2.75) is 18.7 Å². The lowest BCUT2D eigenvalue weighted by Crippen LogP contribution is -1.98. The Kier molecular flexibility index (Phi) is 4.55. The van der Waals surface area contributed by atoms with Crippen LogP contribution >= 0.6 is 34.8 Å². The minimum absolute atomic E-state index is 0.0788. The van der Waals surface area contributed by atoms with Crippen molar-refractivity contribution in [2.75, 3.05) is 0 Å². The Labute approximate surface area is 122 Å². The van der Waals surface area contributed by atoms with Crippen LogP contribution in [-0.2, 0) is 6.42 Å². The molecule has 0 nitrogen and oxygen atoms in total. The van der Waals surface area contributed by atoms with Crippen LogP contribution in [0.5, 0.6) is 0 Å². The van der Waals surface area contributed by atoms with Gasteiger partial charge in [0.25, 0.3) is 0 Å². The van der Waals surface area contributed by atoms with Crippen LogP contribution in [0.1, 0.15) is 22.1 Å². The van der Waals surface area contributed by atoms with Gasteiger partial charge in [-0.1, -0.05) is 41.4 Å². The highest BCUT2D eigenvalue weighted by Crippen LogP contribution is 2.30. The zero-order valence-corrected chi connectivity index (χ0v) is 12.2. The zero-order chi connectivity index (χ0) is 13.1. The predicted molar refractivity (Wildman–Crippen MR) is 79.9 cm³/mol. The summed E-state index contributed by atoms with van der Waals surface area (Å²) in [6.45, 7) is 2.04. The smallest absolute Gasteiger partial charge is 0.0628 e. The van der Waals surface area contributed by atoms with E-state index in [0.29, 0.717) is 0 Å². The van der Waals surface area contributed by atoms with E-state index in [0.717, 1.165) is 27.6 Å². The molecule has 0 radical (unpaired) electrons. The molecule has 2 aromatic carbocycles. The van der Waals surface area contributed by atoms with Gasteiger partial charge in [-0.15, -0.1) is 11.6 Å². The number of hydrogen-bond donors (Lipinski definition) is 0. The Morgan fingerprint density at radius 1 is 0.944 bits per heavy atom. The largest absolute Gasteiger partial charge is 0.117 e. The standard InChI is InChI=1S/C15H13Cl3/c1-10-2-5-13(17)9-14(10)15(18)8-11-3-6-12(16)7-4-11/h2-7,9,15H,8H2,1H3. The average Bonchev–Trinajstić information content (AvgIpc) is 2.35. The van der Waals surface area contributed by atoms with Gasteiger partial charge in [0.05, 0.1) is 5.38 Å². The van der Waals surface area contributed by atoms with Crippen LogP contribution in [0.25, 0.3) is 0 Å². The molecule has 2 aromatic rings. The molecule has 0 aliphatic rings. The van der Waals surface area contributed by atoms with Gasteiger partial charge in [0, 0.05) is 10.0 Å². The fourth-order valence-electron chi connectivity index (χ4n) is 1.89. The molecule has 0 saturated heterocycles. The molecule has 0 fully saturated rings. The second-order valence-corrected chi connectivity index (χ2v) is 5.70. The van der Waals surface area contributed by atoms with Crippen molar-refractivity contribution in [1.82, 2.24) is 0 Å². The molecule has 0 amide bonds. The average molecular weight is 300 g/mol. The van der Waals surface area contributed by atoms with Crippen LogP contribution in [0.4, 0.5) is 0 Å². The molecule has 3 heteroatoms. The van der Waals surface area contributed by atoms with Gasteiger partial charge >= 0.3 is 0 Å². The van der Waals surface area contributed by atoms with Gasteiger partial charge in [0.2, 0.25) is 0 Å². The second-order valence-electron chi connectivity index (χ2n) is 4.30. The minimum Gasteiger partial charge on any atom is -0.117 e. The third-order valence-corrected chi connectivity index (χ3v) is 3.78. The quantitative estimate of drug-likeness (QED) is 0.626. The molecule has 1 unspecified atom stereocenters. The van der Waals surface area contributed by atoms with Crippen molar-refractivity contribution < 1.29 is 0 Å². The maximum atomic E-state index is 6.47. The molecule has 1 atom stereocenters. The fraction of sp³-hybridized carbons (Fsp3) is 0.200. The van der Waals surface area contributed by atoms with Gasteiger partial charge in [-0.3, -0.25) is 0 Å². The summed E-state index contributed by atoms with van der Waals surface area (Å²) < 4.78 is 0. The number of aryl methyl sites for hydroxylation is 1. The Balaban J connectivity index is 2.18. The van der Waals surface area contributed by atoms with Crippen molar-refractivity contribution in [3.05, 3.63) is 69.2 Å². The van der Waals surface area contributed by atoms with E-state index in [4.69, 9.17) is 34.8 Å². The lowest BCUT2D eigenvalue weighted by Gasteiger charge is -2.13. The summed E-state index contributed by atoms with van der Waals surface area (Å²) >= 11 is 18.3. The normalized spacial score (nSPS) is 12.4. The van der Waals surface area contributed by atoms with E-state index in [2.05, 4.69) is 0 Å². The number of hydrogen-bond acceptors (Lipinski definition) is 0. The highest BCUT2D eigenvalue weighted by Gasteiger charge is 2.12. The Hall–Kier alpha value is -0.690. The number of halogens is 3. The van der Waals surface area contributed by atoms with Crippen LogP contribution in [0.2, 0.25) is 10.0 Å². The van der Waals surface area contributed by atoms with E-state index in [9.17, 15) is 0 Å². The number of benzene rings is 2. The third kappa shape index (κ3) is 3.41. The summed E-state index contributed by atoms with van der Waals surface area (Å²) in [6.07, 6.45) is 0.764.